The Labute approximate surface area is 129 Å². The summed E-state index contributed by atoms with van der Waals surface area (Å²) in [6.45, 7) is 5.83. The van der Waals surface area contributed by atoms with Gasteiger partial charge in [0, 0.05) is 16.3 Å². The largest absolute Gasteiger partial charge is 0.508 e. The molecule has 0 aliphatic carbocycles. The van der Waals surface area contributed by atoms with Crippen molar-refractivity contribution in [2.24, 2.45) is 0 Å². The number of phenolic OH excluding ortho intramolecular Hbond substituents is 1. The van der Waals surface area contributed by atoms with Crippen LogP contribution in [0.3, 0.4) is 0 Å². The lowest BCUT2D eigenvalue weighted by molar-refractivity contribution is 0.102. The summed E-state index contributed by atoms with van der Waals surface area (Å²) in [4.78, 5) is 12.3. The highest BCUT2D eigenvalue weighted by molar-refractivity contribution is 6.31. The van der Waals surface area contributed by atoms with Gasteiger partial charge < -0.3 is 10.4 Å². The Morgan fingerprint density at radius 3 is 2.57 bits per heavy atom. The van der Waals surface area contributed by atoms with Crippen molar-refractivity contribution in [1.29, 1.82) is 0 Å². The zero-order valence-corrected chi connectivity index (χ0v) is 13.0. The average Bonchev–Trinajstić information content (AvgIpc) is 2.42. The fourth-order valence-electron chi connectivity index (χ4n) is 2.12. The summed E-state index contributed by atoms with van der Waals surface area (Å²) in [5.41, 5.74) is 2.84. The molecule has 3 nitrogen and oxygen atoms in total. The standard InChI is InChI=1S/C17H18ClNO2/c1-10(2)14-9-16(20)11(3)7-15(14)19-17(21)12-5-4-6-13(18)8-12/h4-10,20H,1-3H3,(H,19,21). The molecular formula is C17H18ClNO2. The quantitative estimate of drug-likeness (QED) is 0.805. The maximum Gasteiger partial charge on any atom is 0.255 e. The predicted octanol–water partition coefficient (Wildman–Crippen LogP) is 4.73. The first-order chi connectivity index (χ1) is 9.88. The number of hydrogen-bond donors (Lipinski definition) is 2. The number of benzene rings is 2. The number of anilines is 1. The number of carbonyl (C=O) groups excluding carboxylic acids is 1. The Morgan fingerprint density at radius 1 is 1.24 bits per heavy atom. The molecule has 2 rings (SSSR count). The van der Waals surface area contributed by atoms with Gasteiger partial charge in [0.15, 0.2) is 0 Å². The van der Waals surface area contributed by atoms with E-state index in [1.54, 1.807) is 43.3 Å². The van der Waals surface area contributed by atoms with E-state index < -0.39 is 0 Å². The Morgan fingerprint density at radius 2 is 1.95 bits per heavy atom. The molecule has 0 radical (unpaired) electrons. The molecule has 0 fully saturated rings. The number of carbonyl (C=O) groups is 1. The van der Waals surface area contributed by atoms with E-state index >= 15 is 0 Å². The van der Waals surface area contributed by atoms with Crippen molar-refractivity contribution in [3.8, 4) is 5.75 Å². The van der Waals surface area contributed by atoms with E-state index in [1.165, 1.54) is 0 Å². The Bertz CT molecular complexity index is 680. The van der Waals surface area contributed by atoms with Gasteiger partial charge in [-0.2, -0.15) is 0 Å². The Kier molecular flexibility index (Phi) is 4.53. The summed E-state index contributed by atoms with van der Waals surface area (Å²) in [7, 11) is 0. The number of aromatic hydroxyl groups is 1. The van der Waals surface area contributed by atoms with E-state index in [0.717, 1.165) is 11.1 Å². The zero-order chi connectivity index (χ0) is 15.6. The highest BCUT2D eigenvalue weighted by Crippen LogP contribution is 2.31. The summed E-state index contributed by atoms with van der Waals surface area (Å²) < 4.78 is 0. The molecule has 4 heteroatoms. The molecule has 1 amide bonds. The summed E-state index contributed by atoms with van der Waals surface area (Å²) in [5, 5.41) is 13.2. The van der Waals surface area contributed by atoms with Crippen LogP contribution >= 0.6 is 11.6 Å². The van der Waals surface area contributed by atoms with Gasteiger partial charge in [0.2, 0.25) is 0 Å². The Balaban J connectivity index is 2.35. The smallest absolute Gasteiger partial charge is 0.255 e. The van der Waals surface area contributed by atoms with Gasteiger partial charge in [0.1, 0.15) is 5.75 Å². The minimum Gasteiger partial charge on any atom is -0.508 e. The van der Waals surface area contributed by atoms with Crippen LogP contribution in [-0.4, -0.2) is 11.0 Å². The molecule has 0 aliphatic rings. The van der Waals surface area contributed by atoms with Crippen LogP contribution in [0.4, 0.5) is 5.69 Å². The number of hydrogen-bond acceptors (Lipinski definition) is 2. The van der Waals surface area contributed by atoms with Gasteiger partial charge in [0.25, 0.3) is 5.91 Å². The van der Waals surface area contributed by atoms with E-state index in [1.807, 2.05) is 13.8 Å². The normalized spacial score (nSPS) is 10.7. The third-order valence-corrected chi connectivity index (χ3v) is 3.56. The third-order valence-electron chi connectivity index (χ3n) is 3.33. The van der Waals surface area contributed by atoms with E-state index in [4.69, 9.17) is 11.6 Å². The Hall–Kier alpha value is -2.00. The lowest BCUT2D eigenvalue weighted by Gasteiger charge is -2.16. The van der Waals surface area contributed by atoms with Crippen LogP contribution in [0.5, 0.6) is 5.75 Å². The van der Waals surface area contributed by atoms with Crippen molar-refractivity contribution in [3.63, 3.8) is 0 Å². The van der Waals surface area contributed by atoms with Gasteiger partial charge in [0.05, 0.1) is 0 Å². The van der Waals surface area contributed by atoms with E-state index in [9.17, 15) is 9.90 Å². The first-order valence-corrected chi connectivity index (χ1v) is 7.16. The molecule has 0 atom stereocenters. The molecule has 0 spiro atoms. The first-order valence-electron chi connectivity index (χ1n) is 6.79. The third kappa shape index (κ3) is 3.56. The molecule has 2 aromatic rings. The van der Waals surface area contributed by atoms with Crippen LogP contribution in [0, 0.1) is 6.92 Å². The van der Waals surface area contributed by atoms with E-state index in [-0.39, 0.29) is 17.6 Å². The second kappa shape index (κ2) is 6.19. The van der Waals surface area contributed by atoms with Gasteiger partial charge in [-0.25, -0.2) is 0 Å². The molecule has 0 unspecified atom stereocenters. The van der Waals surface area contributed by atoms with Crippen molar-refractivity contribution < 1.29 is 9.90 Å². The van der Waals surface area contributed by atoms with Gasteiger partial charge >= 0.3 is 0 Å². The number of amides is 1. The minimum atomic E-state index is -0.218. The lowest BCUT2D eigenvalue weighted by atomic mass is 9.98. The van der Waals surface area contributed by atoms with Gasteiger partial charge in [-0.05, 0) is 54.3 Å². The van der Waals surface area contributed by atoms with Crippen LogP contribution in [0.15, 0.2) is 36.4 Å². The van der Waals surface area contributed by atoms with Crippen molar-refractivity contribution in [2.75, 3.05) is 5.32 Å². The summed E-state index contributed by atoms with van der Waals surface area (Å²) in [6, 6.07) is 10.3. The maximum absolute atomic E-state index is 12.3. The van der Waals surface area contributed by atoms with Crippen molar-refractivity contribution >= 4 is 23.2 Å². The second-order valence-electron chi connectivity index (χ2n) is 5.35. The van der Waals surface area contributed by atoms with Crippen molar-refractivity contribution in [3.05, 3.63) is 58.1 Å². The number of halogens is 1. The highest BCUT2D eigenvalue weighted by Gasteiger charge is 2.14. The predicted molar refractivity (Wildman–Crippen MR) is 86.3 cm³/mol. The monoisotopic (exact) mass is 303 g/mol. The summed E-state index contributed by atoms with van der Waals surface area (Å²) in [6.07, 6.45) is 0. The minimum absolute atomic E-state index is 0.186. The molecule has 0 aromatic heterocycles. The molecule has 0 saturated heterocycles. The van der Waals surface area contributed by atoms with Crippen LogP contribution in [-0.2, 0) is 0 Å². The summed E-state index contributed by atoms with van der Waals surface area (Å²) in [5.74, 6) is 0.204. The molecule has 0 saturated carbocycles. The van der Waals surface area contributed by atoms with Crippen molar-refractivity contribution in [1.82, 2.24) is 0 Å². The molecule has 0 heterocycles. The van der Waals surface area contributed by atoms with Crippen molar-refractivity contribution in [2.45, 2.75) is 26.7 Å². The van der Waals surface area contributed by atoms with E-state index in [0.29, 0.717) is 16.3 Å². The van der Waals surface area contributed by atoms with Gasteiger partial charge in [-0.1, -0.05) is 31.5 Å². The maximum atomic E-state index is 12.3. The molecule has 0 bridgehead atoms. The topological polar surface area (TPSA) is 49.3 Å². The van der Waals surface area contributed by atoms with E-state index in [2.05, 4.69) is 5.32 Å². The SMILES string of the molecule is Cc1cc(NC(=O)c2cccc(Cl)c2)c(C(C)C)cc1O. The average molecular weight is 304 g/mol. The molecule has 21 heavy (non-hydrogen) atoms. The number of rotatable bonds is 3. The first kappa shape index (κ1) is 15.4. The fraction of sp³-hybridized carbons (Fsp3) is 0.235. The second-order valence-corrected chi connectivity index (χ2v) is 5.78. The molecule has 110 valence electrons. The summed E-state index contributed by atoms with van der Waals surface area (Å²) >= 11 is 5.91. The van der Waals surface area contributed by atoms with Gasteiger partial charge in [-0.15, -0.1) is 0 Å². The molecule has 2 aromatic carbocycles. The number of phenols is 1. The highest BCUT2D eigenvalue weighted by atomic mass is 35.5. The van der Waals surface area contributed by atoms with Gasteiger partial charge in [-0.3, -0.25) is 4.79 Å². The molecule has 2 N–H and O–H groups in total. The van der Waals surface area contributed by atoms with Crippen LogP contribution < -0.4 is 5.32 Å². The van der Waals surface area contributed by atoms with Crippen LogP contribution in [0.25, 0.3) is 0 Å². The number of aryl methyl sites for hydroxylation is 1. The van der Waals surface area contributed by atoms with Crippen LogP contribution in [0.2, 0.25) is 5.02 Å². The molecular weight excluding hydrogens is 286 g/mol. The lowest BCUT2D eigenvalue weighted by Crippen LogP contribution is -2.14. The molecule has 0 aliphatic heterocycles. The number of nitrogens with one attached hydrogen (secondary N) is 1. The zero-order valence-electron chi connectivity index (χ0n) is 12.3. The van der Waals surface area contributed by atoms with Crippen LogP contribution in [0.1, 0.15) is 41.3 Å². The fourth-order valence-corrected chi connectivity index (χ4v) is 2.31.